The highest BCUT2D eigenvalue weighted by Gasteiger charge is 2.27. The van der Waals surface area contributed by atoms with E-state index in [1.165, 1.54) is 121 Å². The highest BCUT2D eigenvalue weighted by Crippen LogP contribution is 2.51. The summed E-state index contributed by atoms with van der Waals surface area (Å²) in [5.74, 6) is 0. The first-order valence-electron chi connectivity index (χ1n) is 24.7. The zero-order chi connectivity index (χ0) is 46.1. The second-order valence-corrected chi connectivity index (χ2v) is 19.1. The van der Waals surface area contributed by atoms with Gasteiger partial charge in [-0.3, -0.25) is 0 Å². The molecule has 0 bridgehead atoms. The van der Waals surface area contributed by atoms with Gasteiger partial charge in [0.1, 0.15) is 0 Å². The number of fused-ring (bicyclic) bond motifs is 8. The van der Waals surface area contributed by atoms with E-state index in [4.69, 9.17) is 0 Å². The lowest BCUT2D eigenvalue weighted by Gasteiger charge is -2.29. The molecule has 0 aliphatic carbocycles. The number of hydrogen-bond acceptors (Lipinski definition) is 2. The first-order valence-corrected chi connectivity index (χ1v) is 24.7. The van der Waals surface area contributed by atoms with Crippen LogP contribution in [0, 0.1) is 0 Å². The van der Waals surface area contributed by atoms with E-state index < -0.39 is 0 Å². The van der Waals surface area contributed by atoms with Gasteiger partial charge in [0.25, 0.3) is 0 Å². The van der Waals surface area contributed by atoms with Gasteiger partial charge in [-0.1, -0.05) is 176 Å². The molecule has 2 aliphatic heterocycles. The fraction of sp³-hybridized carbons (Fsp3) is 0.0588. The normalized spacial score (nSPS) is 13.1. The van der Waals surface area contributed by atoms with Gasteiger partial charge < -0.3 is 9.80 Å². The van der Waals surface area contributed by atoms with Gasteiger partial charge in [-0.2, -0.15) is 0 Å². The van der Waals surface area contributed by atoms with Gasteiger partial charge in [-0.05, 0) is 191 Å². The van der Waals surface area contributed by atoms with Gasteiger partial charge in [0.2, 0.25) is 0 Å². The van der Waals surface area contributed by atoms with Crippen LogP contribution in [0.1, 0.15) is 22.3 Å². The van der Waals surface area contributed by atoms with Crippen molar-refractivity contribution in [2.24, 2.45) is 0 Å². The number of para-hydroxylation sites is 4. The van der Waals surface area contributed by atoms with Crippen LogP contribution in [0.2, 0.25) is 0 Å². The zero-order valence-corrected chi connectivity index (χ0v) is 38.8. The monoisotopic (exact) mass is 892 g/mol. The van der Waals surface area contributed by atoms with Crippen LogP contribution in [0.4, 0.5) is 34.1 Å². The van der Waals surface area contributed by atoms with E-state index >= 15 is 0 Å². The van der Waals surface area contributed by atoms with Crippen molar-refractivity contribution >= 4 is 77.2 Å². The van der Waals surface area contributed by atoms with Crippen molar-refractivity contribution in [2.75, 3.05) is 9.80 Å². The summed E-state index contributed by atoms with van der Waals surface area (Å²) in [6, 6.07) is 91.1. The summed E-state index contributed by atoms with van der Waals surface area (Å²) in [4.78, 5) is 5.03. The van der Waals surface area contributed by atoms with E-state index in [-0.39, 0.29) is 0 Å². The Morgan fingerprint density at radius 1 is 0.229 bits per heavy atom. The molecule has 2 aliphatic rings. The van der Waals surface area contributed by atoms with Crippen LogP contribution >= 0.6 is 0 Å². The number of benzene rings is 12. The summed E-state index contributed by atoms with van der Waals surface area (Å²) in [7, 11) is 0. The standard InChI is InChI=1S/C68H48N2/c1-3-20-51-40-54(34-28-45(51)14-1)53-22-13-23-55(42-53)67-59-38-36-58(70-65-26-11-7-18-49(65)32-33-50-19-8-12-27-66(50)70)44-62(59)68(56-35-29-46-15-2-4-21-52(46)41-56)60-39-37-57(43-61(60)67)69-63-24-9-5-16-47(63)30-31-48-17-6-10-25-64(48)69/h1-29,34-44H,30-33H2. The van der Waals surface area contributed by atoms with Gasteiger partial charge in [0, 0.05) is 34.1 Å². The maximum Gasteiger partial charge on any atom is 0.0493 e. The molecule has 2 heterocycles. The Morgan fingerprint density at radius 2 is 0.586 bits per heavy atom. The zero-order valence-electron chi connectivity index (χ0n) is 38.8. The van der Waals surface area contributed by atoms with Gasteiger partial charge in [0.15, 0.2) is 0 Å². The SMILES string of the molecule is c1cc(-c2ccc3ccccc3c2)cc(-c2c3ccc(N4c5ccccc5CCc5ccccc54)cc3c(-c3ccc4ccccc4c3)c3ccc(N4c5ccccc5CCc5ccccc54)cc23)c1. The molecule has 14 rings (SSSR count). The van der Waals surface area contributed by atoms with Crippen molar-refractivity contribution in [3.8, 4) is 33.4 Å². The Morgan fingerprint density at radius 3 is 1.06 bits per heavy atom. The number of anilines is 6. The lowest BCUT2D eigenvalue weighted by molar-refractivity contribution is 0.977. The minimum atomic E-state index is 0.995. The first-order chi connectivity index (χ1) is 34.7. The number of aryl methyl sites for hydroxylation is 4. The third-order valence-electron chi connectivity index (χ3n) is 15.1. The maximum atomic E-state index is 2.52. The fourth-order valence-corrected chi connectivity index (χ4v) is 11.8. The van der Waals surface area contributed by atoms with E-state index in [0.717, 1.165) is 37.1 Å². The minimum absolute atomic E-state index is 0.995. The highest BCUT2D eigenvalue weighted by molar-refractivity contribution is 6.23. The van der Waals surface area contributed by atoms with Crippen molar-refractivity contribution < 1.29 is 0 Å². The Balaban J connectivity index is 1.09. The molecule has 0 radical (unpaired) electrons. The van der Waals surface area contributed by atoms with Crippen molar-refractivity contribution in [3.63, 3.8) is 0 Å². The average molecular weight is 893 g/mol. The van der Waals surface area contributed by atoms with Gasteiger partial charge in [-0.15, -0.1) is 0 Å². The Labute approximate surface area is 409 Å². The van der Waals surface area contributed by atoms with E-state index in [1.807, 2.05) is 0 Å². The van der Waals surface area contributed by atoms with Crippen molar-refractivity contribution in [1.29, 1.82) is 0 Å². The van der Waals surface area contributed by atoms with Crippen LogP contribution in [0.25, 0.3) is 76.5 Å². The van der Waals surface area contributed by atoms with Crippen LogP contribution in [0.15, 0.2) is 243 Å². The molecule has 0 fully saturated rings. The summed E-state index contributed by atoms with van der Waals surface area (Å²) >= 11 is 0. The van der Waals surface area contributed by atoms with Crippen LogP contribution in [-0.4, -0.2) is 0 Å². The molecule has 0 N–H and O–H groups in total. The quantitative estimate of drug-likeness (QED) is 0.159. The number of hydrogen-bond donors (Lipinski definition) is 0. The molecule has 0 spiro atoms. The van der Waals surface area contributed by atoms with E-state index in [2.05, 4.69) is 252 Å². The Hall–Kier alpha value is -8.72. The predicted molar refractivity (Wildman–Crippen MR) is 297 cm³/mol. The highest BCUT2D eigenvalue weighted by atomic mass is 15.2. The average Bonchev–Trinajstić information content (AvgIpc) is 3.70. The predicted octanol–water partition coefficient (Wildman–Crippen LogP) is 18.4. The molecule has 0 saturated carbocycles. The second kappa shape index (κ2) is 16.5. The third kappa shape index (κ3) is 6.71. The molecule has 2 nitrogen and oxygen atoms in total. The van der Waals surface area contributed by atoms with E-state index in [0.29, 0.717) is 0 Å². The largest absolute Gasteiger partial charge is 0.310 e. The molecular formula is C68H48N2. The lowest BCUT2D eigenvalue weighted by Crippen LogP contribution is -2.12. The van der Waals surface area contributed by atoms with Crippen LogP contribution in [0.5, 0.6) is 0 Å². The first kappa shape index (κ1) is 40.4. The third-order valence-corrected chi connectivity index (χ3v) is 15.1. The van der Waals surface area contributed by atoms with Crippen molar-refractivity contribution in [2.45, 2.75) is 25.7 Å². The van der Waals surface area contributed by atoms with Crippen molar-refractivity contribution in [1.82, 2.24) is 0 Å². The smallest absolute Gasteiger partial charge is 0.0493 e. The summed E-state index contributed by atoms with van der Waals surface area (Å²) in [5.41, 5.74) is 20.0. The van der Waals surface area contributed by atoms with Gasteiger partial charge >= 0.3 is 0 Å². The molecule has 330 valence electrons. The topological polar surface area (TPSA) is 6.48 Å². The molecule has 70 heavy (non-hydrogen) atoms. The molecule has 0 unspecified atom stereocenters. The number of nitrogens with zero attached hydrogens (tertiary/aromatic N) is 2. The lowest BCUT2D eigenvalue weighted by atomic mass is 9.84. The maximum absolute atomic E-state index is 2.52. The summed E-state index contributed by atoms with van der Waals surface area (Å²) in [6.45, 7) is 0. The minimum Gasteiger partial charge on any atom is -0.310 e. The molecule has 12 aromatic carbocycles. The molecular weight excluding hydrogens is 845 g/mol. The Kier molecular flexibility index (Phi) is 9.52. The molecule has 0 aromatic heterocycles. The van der Waals surface area contributed by atoms with Gasteiger partial charge in [-0.25, -0.2) is 0 Å². The van der Waals surface area contributed by atoms with Crippen LogP contribution < -0.4 is 9.80 Å². The van der Waals surface area contributed by atoms with Crippen LogP contribution in [-0.2, 0) is 25.7 Å². The molecule has 0 atom stereocenters. The van der Waals surface area contributed by atoms with Crippen molar-refractivity contribution in [3.05, 3.63) is 265 Å². The molecule has 12 aromatic rings. The Bertz CT molecular complexity index is 3950. The summed E-state index contributed by atoms with van der Waals surface area (Å²) in [5, 5.41) is 9.86. The molecule has 0 saturated heterocycles. The summed E-state index contributed by atoms with van der Waals surface area (Å²) in [6.07, 6.45) is 3.98. The van der Waals surface area contributed by atoms with E-state index in [9.17, 15) is 0 Å². The molecule has 0 amide bonds. The van der Waals surface area contributed by atoms with Gasteiger partial charge in [0.05, 0.1) is 0 Å². The van der Waals surface area contributed by atoms with E-state index in [1.54, 1.807) is 0 Å². The molecule has 2 heteroatoms. The van der Waals surface area contributed by atoms with Crippen LogP contribution in [0.3, 0.4) is 0 Å². The second-order valence-electron chi connectivity index (χ2n) is 19.1. The fourth-order valence-electron chi connectivity index (χ4n) is 11.8. The summed E-state index contributed by atoms with van der Waals surface area (Å²) < 4.78 is 0. The number of rotatable bonds is 5.